The number of aryl methyl sites for hydroxylation is 1. The number of amidine groups is 1. The van der Waals surface area contributed by atoms with Crippen molar-refractivity contribution in [3.63, 3.8) is 0 Å². The minimum absolute atomic E-state index is 0.918. The zero-order valence-corrected chi connectivity index (χ0v) is 17.9. The number of thioether (sulfide) groups is 1. The molecule has 0 amide bonds. The molecule has 0 saturated carbocycles. The van der Waals surface area contributed by atoms with Crippen molar-refractivity contribution in [1.82, 2.24) is 9.47 Å². The average Bonchev–Trinajstić information content (AvgIpc) is 3.25. The van der Waals surface area contributed by atoms with Crippen LogP contribution in [0.25, 0.3) is 10.9 Å². The highest BCUT2D eigenvalue weighted by Gasteiger charge is 2.13. The van der Waals surface area contributed by atoms with E-state index in [2.05, 4.69) is 53.9 Å². The average molecular weight is 386 g/mol. The number of para-hydroxylation sites is 1. The number of aromatic nitrogens is 1. The highest BCUT2D eigenvalue weighted by Crippen LogP contribution is 2.30. The summed E-state index contributed by atoms with van der Waals surface area (Å²) in [5, 5.41) is 1.40. The summed E-state index contributed by atoms with van der Waals surface area (Å²) in [5.41, 5.74) is 1.38. The van der Waals surface area contributed by atoms with Gasteiger partial charge in [-0.15, -0.1) is 11.8 Å². The molecule has 0 unspecified atom stereocenters. The van der Waals surface area contributed by atoms with Gasteiger partial charge in [-0.25, -0.2) is 0 Å². The SMILES string of the molecule is CCCCCCCCn1cc(SCCN=C2CCCN2C)c2ccccc21. The molecule has 2 heterocycles. The van der Waals surface area contributed by atoms with Crippen LogP contribution in [0.3, 0.4) is 0 Å². The minimum atomic E-state index is 0.918. The van der Waals surface area contributed by atoms with Gasteiger partial charge in [0.2, 0.25) is 0 Å². The van der Waals surface area contributed by atoms with Crippen LogP contribution in [0.2, 0.25) is 0 Å². The van der Waals surface area contributed by atoms with Crippen molar-refractivity contribution in [2.24, 2.45) is 4.99 Å². The van der Waals surface area contributed by atoms with Gasteiger partial charge in [0.15, 0.2) is 0 Å². The number of nitrogens with zero attached hydrogens (tertiary/aromatic N) is 3. The maximum absolute atomic E-state index is 4.81. The monoisotopic (exact) mass is 385 g/mol. The quantitative estimate of drug-likeness (QED) is 0.338. The van der Waals surface area contributed by atoms with E-state index in [-0.39, 0.29) is 0 Å². The molecule has 148 valence electrons. The van der Waals surface area contributed by atoms with E-state index in [4.69, 9.17) is 4.99 Å². The molecule has 1 fully saturated rings. The van der Waals surface area contributed by atoms with Gasteiger partial charge in [-0.1, -0.05) is 57.2 Å². The fourth-order valence-corrected chi connectivity index (χ4v) is 4.83. The zero-order valence-electron chi connectivity index (χ0n) is 17.1. The number of likely N-dealkylation sites (tertiary alicyclic amines) is 1. The van der Waals surface area contributed by atoms with Crippen molar-refractivity contribution in [3.05, 3.63) is 30.5 Å². The van der Waals surface area contributed by atoms with Gasteiger partial charge < -0.3 is 9.47 Å². The van der Waals surface area contributed by atoms with Gasteiger partial charge >= 0.3 is 0 Å². The third kappa shape index (κ3) is 5.78. The Hall–Kier alpha value is -1.42. The van der Waals surface area contributed by atoms with Crippen molar-refractivity contribution in [3.8, 4) is 0 Å². The summed E-state index contributed by atoms with van der Waals surface area (Å²) in [6.45, 7) is 5.50. The van der Waals surface area contributed by atoms with Crippen LogP contribution < -0.4 is 0 Å². The number of unbranched alkanes of at least 4 members (excludes halogenated alkanes) is 5. The van der Waals surface area contributed by atoms with Crippen LogP contribution in [-0.4, -0.2) is 41.2 Å². The zero-order chi connectivity index (χ0) is 18.9. The van der Waals surface area contributed by atoms with Gasteiger partial charge in [0, 0.05) is 54.3 Å². The lowest BCUT2D eigenvalue weighted by molar-refractivity contribution is 0.548. The maximum Gasteiger partial charge on any atom is 0.0987 e. The first-order valence-corrected chi connectivity index (χ1v) is 11.7. The number of benzene rings is 1. The standard InChI is InChI=1S/C23H35N3S/c1-3-4-5-6-7-10-17-26-19-22(20-12-8-9-13-21(20)26)27-18-15-24-23-14-11-16-25(23)2/h8-9,12-13,19H,3-7,10-11,14-18H2,1-2H3. The number of hydrogen-bond donors (Lipinski definition) is 0. The molecule has 0 radical (unpaired) electrons. The van der Waals surface area contributed by atoms with E-state index in [0.29, 0.717) is 0 Å². The molecule has 0 N–H and O–H groups in total. The third-order valence-electron chi connectivity index (χ3n) is 5.48. The molecule has 27 heavy (non-hydrogen) atoms. The molecule has 1 aliphatic heterocycles. The van der Waals surface area contributed by atoms with E-state index in [0.717, 1.165) is 31.8 Å². The number of fused-ring (bicyclic) bond motifs is 1. The van der Waals surface area contributed by atoms with Crippen molar-refractivity contribution in [1.29, 1.82) is 0 Å². The number of hydrogen-bond acceptors (Lipinski definition) is 2. The first-order valence-electron chi connectivity index (χ1n) is 10.7. The van der Waals surface area contributed by atoms with Crippen LogP contribution in [-0.2, 0) is 6.54 Å². The van der Waals surface area contributed by atoms with Crippen LogP contribution in [0.1, 0.15) is 58.3 Å². The summed E-state index contributed by atoms with van der Waals surface area (Å²) in [6, 6.07) is 8.86. The Bertz CT molecular complexity index is 734. The smallest absolute Gasteiger partial charge is 0.0987 e. The molecule has 1 aromatic carbocycles. The highest BCUT2D eigenvalue weighted by molar-refractivity contribution is 7.99. The van der Waals surface area contributed by atoms with Crippen molar-refractivity contribution < 1.29 is 0 Å². The largest absolute Gasteiger partial charge is 0.363 e. The van der Waals surface area contributed by atoms with Gasteiger partial charge in [-0.2, -0.15) is 0 Å². The minimum Gasteiger partial charge on any atom is -0.363 e. The number of rotatable bonds is 11. The summed E-state index contributed by atoms with van der Waals surface area (Å²) in [6.07, 6.45) is 12.9. The normalized spacial score (nSPS) is 16.1. The molecule has 1 saturated heterocycles. The van der Waals surface area contributed by atoms with Crippen molar-refractivity contribution >= 4 is 28.5 Å². The van der Waals surface area contributed by atoms with Crippen molar-refractivity contribution in [2.75, 3.05) is 25.9 Å². The second-order valence-electron chi connectivity index (χ2n) is 7.64. The summed E-state index contributed by atoms with van der Waals surface area (Å²) in [7, 11) is 2.16. The molecule has 3 rings (SSSR count). The first-order chi connectivity index (χ1) is 13.3. The lowest BCUT2D eigenvalue weighted by Gasteiger charge is -2.10. The van der Waals surface area contributed by atoms with Crippen LogP contribution in [0.15, 0.2) is 40.4 Å². The van der Waals surface area contributed by atoms with E-state index in [9.17, 15) is 0 Å². The van der Waals surface area contributed by atoms with Crippen LogP contribution in [0, 0.1) is 0 Å². The fraction of sp³-hybridized carbons (Fsp3) is 0.609. The summed E-state index contributed by atoms with van der Waals surface area (Å²) >= 11 is 1.96. The molecule has 0 atom stereocenters. The molecule has 0 spiro atoms. The molecule has 4 heteroatoms. The second kappa shape index (κ2) is 10.8. The molecule has 0 aliphatic carbocycles. The highest BCUT2D eigenvalue weighted by atomic mass is 32.2. The van der Waals surface area contributed by atoms with Gasteiger partial charge in [-0.3, -0.25) is 4.99 Å². The summed E-state index contributed by atoms with van der Waals surface area (Å²) in [4.78, 5) is 8.52. The van der Waals surface area contributed by atoms with E-state index in [1.54, 1.807) is 0 Å². The Labute approximate surface area is 169 Å². The van der Waals surface area contributed by atoms with Gasteiger partial charge in [-0.05, 0) is 18.9 Å². The molecular formula is C23H35N3S. The second-order valence-corrected chi connectivity index (χ2v) is 8.78. The molecular weight excluding hydrogens is 350 g/mol. The van der Waals surface area contributed by atoms with E-state index in [1.807, 2.05) is 11.8 Å². The first kappa shape index (κ1) is 20.3. The van der Waals surface area contributed by atoms with Crippen molar-refractivity contribution in [2.45, 2.75) is 69.7 Å². The summed E-state index contributed by atoms with van der Waals surface area (Å²) < 4.78 is 2.47. The van der Waals surface area contributed by atoms with Gasteiger partial charge in [0.05, 0.1) is 12.4 Å². The Kier molecular flexibility index (Phi) is 8.12. The van der Waals surface area contributed by atoms with Gasteiger partial charge in [0.25, 0.3) is 0 Å². The Balaban J connectivity index is 1.54. The van der Waals surface area contributed by atoms with Crippen LogP contribution in [0.5, 0.6) is 0 Å². The van der Waals surface area contributed by atoms with Crippen LogP contribution >= 0.6 is 11.8 Å². The Morgan fingerprint density at radius 1 is 1.07 bits per heavy atom. The third-order valence-corrected chi connectivity index (χ3v) is 6.51. The lowest BCUT2D eigenvalue weighted by atomic mass is 10.1. The molecule has 0 bridgehead atoms. The number of aliphatic imine (C=N–C) groups is 1. The van der Waals surface area contributed by atoms with Gasteiger partial charge in [0.1, 0.15) is 0 Å². The predicted molar refractivity (Wildman–Crippen MR) is 120 cm³/mol. The van der Waals surface area contributed by atoms with E-state index < -0.39 is 0 Å². The maximum atomic E-state index is 4.81. The predicted octanol–water partition coefficient (Wildman–Crippen LogP) is 6.22. The van der Waals surface area contributed by atoms with E-state index >= 15 is 0 Å². The molecule has 1 aliphatic rings. The Morgan fingerprint density at radius 3 is 2.70 bits per heavy atom. The topological polar surface area (TPSA) is 20.5 Å². The lowest BCUT2D eigenvalue weighted by Crippen LogP contribution is -2.19. The van der Waals surface area contributed by atoms with Crippen LogP contribution in [0.4, 0.5) is 0 Å². The molecule has 1 aromatic heterocycles. The molecule has 2 aromatic rings. The van der Waals surface area contributed by atoms with E-state index in [1.165, 1.54) is 66.6 Å². The Morgan fingerprint density at radius 2 is 1.89 bits per heavy atom. The summed E-state index contributed by atoms with van der Waals surface area (Å²) in [5.74, 6) is 2.35. The fourth-order valence-electron chi connectivity index (χ4n) is 3.90. The molecule has 3 nitrogen and oxygen atoms in total.